The minimum atomic E-state index is -0.735. The van der Waals surface area contributed by atoms with Crippen LogP contribution in [0.3, 0.4) is 0 Å². The van der Waals surface area contributed by atoms with Crippen molar-refractivity contribution >= 4 is 39.1 Å². The first-order chi connectivity index (χ1) is 9.06. The van der Waals surface area contributed by atoms with Crippen molar-refractivity contribution in [2.45, 2.75) is 25.7 Å². The standard InChI is InChI=1S/C13H16BrNO3S/c14-11-7-10(8-19-11)13(18)15-5-3-9(4-6-15)1-2-12(16)17/h7-9H,1-6H2,(H,16,17). The number of carboxylic acids is 1. The topological polar surface area (TPSA) is 57.6 Å². The minimum Gasteiger partial charge on any atom is -0.481 e. The molecule has 1 aromatic rings. The van der Waals surface area contributed by atoms with E-state index in [9.17, 15) is 9.59 Å². The molecular weight excluding hydrogens is 330 g/mol. The Labute approximate surface area is 124 Å². The summed E-state index contributed by atoms with van der Waals surface area (Å²) in [6.45, 7) is 1.47. The third kappa shape index (κ3) is 4.04. The molecule has 1 amide bonds. The number of nitrogens with zero attached hydrogens (tertiary/aromatic N) is 1. The molecule has 0 unspecified atom stereocenters. The third-order valence-corrected chi connectivity index (χ3v) is 4.99. The van der Waals surface area contributed by atoms with Crippen molar-refractivity contribution in [3.05, 3.63) is 20.8 Å². The van der Waals surface area contributed by atoms with E-state index in [1.54, 1.807) is 0 Å². The van der Waals surface area contributed by atoms with E-state index in [1.165, 1.54) is 11.3 Å². The quantitative estimate of drug-likeness (QED) is 0.911. The largest absolute Gasteiger partial charge is 0.481 e. The van der Waals surface area contributed by atoms with Crippen molar-refractivity contribution in [2.24, 2.45) is 5.92 Å². The van der Waals surface area contributed by atoms with Gasteiger partial charge in [-0.15, -0.1) is 11.3 Å². The van der Waals surface area contributed by atoms with Gasteiger partial charge >= 0.3 is 5.97 Å². The highest BCUT2D eigenvalue weighted by molar-refractivity contribution is 9.11. The number of likely N-dealkylation sites (tertiary alicyclic amines) is 1. The zero-order valence-corrected chi connectivity index (χ0v) is 12.9. The van der Waals surface area contributed by atoms with Crippen LogP contribution in [0.2, 0.25) is 0 Å². The maximum Gasteiger partial charge on any atom is 0.303 e. The van der Waals surface area contributed by atoms with Gasteiger partial charge in [-0.25, -0.2) is 0 Å². The third-order valence-electron chi connectivity index (χ3n) is 3.48. The number of hydrogen-bond acceptors (Lipinski definition) is 3. The van der Waals surface area contributed by atoms with Crippen molar-refractivity contribution in [1.29, 1.82) is 0 Å². The summed E-state index contributed by atoms with van der Waals surface area (Å²) in [5.74, 6) is -0.213. The number of aliphatic carboxylic acids is 1. The number of amides is 1. The molecule has 0 aliphatic carbocycles. The summed E-state index contributed by atoms with van der Waals surface area (Å²) >= 11 is 4.87. The molecule has 0 spiro atoms. The van der Waals surface area contributed by atoms with Crippen LogP contribution in [0.15, 0.2) is 15.2 Å². The van der Waals surface area contributed by atoms with Crippen LogP contribution < -0.4 is 0 Å². The van der Waals surface area contributed by atoms with Gasteiger partial charge in [0, 0.05) is 24.9 Å². The smallest absolute Gasteiger partial charge is 0.303 e. The lowest BCUT2D eigenvalue weighted by molar-refractivity contribution is -0.137. The van der Waals surface area contributed by atoms with E-state index in [0.29, 0.717) is 5.92 Å². The highest BCUT2D eigenvalue weighted by Crippen LogP contribution is 2.25. The Morgan fingerprint density at radius 2 is 2.11 bits per heavy atom. The first kappa shape index (κ1) is 14.5. The van der Waals surface area contributed by atoms with Crippen LogP contribution in [0.25, 0.3) is 0 Å². The maximum atomic E-state index is 12.2. The van der Waals surface area contributed by atoms with Crippen LogP contribution in [0.5, 0.6) is 0 Å². The first-order valence-corrected chi connectivity index (χ1v) is 7.98. The van der Waals surface area contributed by atoms with Crippen molar-refractivity contribution in [1.82, 2.24) is 4.90 Å². The van der Waals surface area contributed by atoms with Gasteiger partial charge in [0.15, 0.2) is 0 Å². The molecule has 1 aromatic heterocycles. The summed E-state index contributed by atoms with van der Waals surface area (Å²) in [6, 6.07) is 1.85. The molecule has 0 aromatic carbocycles. The summed E-state index contributed by atoms with van der Waals surface area (Å²) in [7, 11) is 0. The molecule has 1 aliphatic heterocycles. The molecule has 1 aliphatic rings. The molecule has 0 bridgehead atoms. The van der Waals surface area contributed by atoms with Gasteiger partial charge in [-0.2, -0.15) is 0 Å². The average molecular weight is 346 g/mol. The normalized spacial score (nSPS) is 16.6. The number of piperidine rings is 1. The van der Waals surface area contributed by atoms with E-state index in [-0.39, 0.29) is 12.3 Å². The Bertz CT molecular complexity index is 466. The average Bonchev–Trinajstić information content (AvgIpc) is 2.83. The Balaban J connectivity index is 1.83. The number of rotatable bonds is 4. The van der Waals surface area contributed by atoms with Gasteiger partial charge in [0.2, 0.25) is 0 Å². The molecule has 1 N–H and O–H groups in total. The van der Waals surface area contributed by atoms with Crippen molar-refractivity contribution in [3.63, 3.8) is 0 Å². The Hall–Kier alpha value is -0.880. The van der Waals surface area contributed by atoms with Gasteiger partial charge < -0.3 is 10.0 Å². The molecule has 4 nitrogen and oxygen atoms in total. The van der Waals surface area contributed by atoms with Crippen LogP contribution in [0, 0.1) is 5.92 Å². The van der Waals surface area contributed by atoms with Gasteiger partial charge in [0.1, 0.15) is 0 Å². The van der Waals surface area contributed by atoms with Crippen molar-refractivity contribution in [3.8, 4) is 0 Å². The Morgan fingerprint density at radius 3 is 2.63 bits per heavy atom. The SMILES string of the molecule is O=C(O)CCC1CCN(C(=O)c2csc(Br)c2)CC1. The van der Waals surface area contributed by atoms with Gasteiger partial charge in [0.05, 0.1) is 9.35 Å². The van der Waals surface area contributed by atoms with Gasteiger partial charge in [-0.1, -0.05) is 0 Å². The van der Waals surface area contributed by atoms with Crippen LogP contribution in [0.4, 0.5) is 0 Å². The molecular formula is C13H16BrNO3S. The lowest BCUT2D eigenvalue weighted by atomic mass is 9.92. The fourth-order valence-electron chi connectivity index (χ4n) is 2.36. The zero-order chi connectivity index (χ0) is 13.8. The number of thiophene rings is 1. The summed E-state index contributed by atoms with van der Waals surface area (Å²) < 4.78 is 0.965. The Morgan fingerprint density at radius 1 is 1.42 bits per heavy atom. The second kappa shape index (κ2) is 6.52. The predicted octanol–water partition coefficient (Wildman–Crippen LogP) is 3.23. The summed E-state index contributed by atoms with van der Waals surface area (Å²) in [5.41, 5.74) is 0.737. The molecule has 19 heavy (non-hydrogen) atoms. The Kier molecular flexibility index (Phi) is 4.99. The number of halogens is 1. The van der Waals surface area contributed by atoms with Gasteiger partial charge in [0.25, 0.3) is 5.91 Å². The molecule has 104 valence electrons. The van der Waals surface area contributed by atoms with Crippen molar-refractivity contribution < 1.29 is 14.7 Å². The molecule has 2 rings (SSSR count). The van der Waals surface area contributed by atoms with Gasteiger partial charge in [-0.3, -0.25) is 9.59 Å². The van der Waals surface area contributed by atoms with E-state index in [2.05, 4.69) is 15.9 Å². The first-order valence-electron chi connectivity index (χ1n) is 6.31. The summed E-state index contributed by atoms with van der Waals surface area (Å²) in [6.07, 6.45) is 2.77. The predicted molar refractivity (Wildman–Crippen MR) is 77.5 cm³/mol. The molecule has 6 heteroatoms. The zero-order valence-electron chi connectivity index (χ0n) is 10.5. The summed E-state index contributed by atoms with van der Waals surface area (Å²) in [4.78, 5) is 24.6. The molecule has 0 saturated carbocycles. The van der Waals surface area contributed by atoms with E-state index >= 15 is 0 Å². The molecule has 0 radical (unpaired) electrons. The van der Waals surface area contributed by atoms with Crippen LogP contribution in [0.1, 0.15) is 36.0 Å². The molecule has 0 atom stereocenters. The molecule has 1 fully saturated rings. The maximum absolute atomic E-state index is 12.2. The fourth-order valence-corrected chi connectivity index (χ4v) is 3.49. The fraction of sp³-hybridized carbons (Fsp3) is 0.538. The van der Waals surface area contributed by atoms with Crippen LogP contribution in [-0.4, -0.2) is 35.0 Å². The van der Waals surface area contributed by atoms with Crippen LogP contribution in [-0.2, 0) is 4.79 Å². The number of hydrogen-bond donors (Lipinski definition) is 1. The second-order valence-electron chi connectivity index (χ2n) is 4.81. The van der Waals surface area contributed by atoms with E-state index < -0.39 is 5.97 Å². The van der Waals surface area contributed by atoms with E-state index in [0.717, 1.165) is 41.7 Å². The second-order valence-corrected chi connectivity index (χ2v) is 7.10. The highest BCUT2D eigenvalue weighted by atomic mass is 79.9. The molecule has 2 heterocycles. The number of carbonyl (C=O) groups is 2. The lowest BCUT2D eigenvalue weighted by Crippen LogP contribution is -2.38. The highest BCUT2D eigenvalue weighted by Gasteiger charge is 2.24. The van der Waals surface area contributed by atoms with Gasteiger partial charge in [-0.05, 0) is 47.2 Å². The molecule has 1 saturated heterocycles. The summed E-state index contributed by atoms with van der Waals surface area (Å²) in [5, 5.41) is 10.5. The van der Waals surface area contributed by atoms with E-state index in [1.807, 2.05) is 16.3 Å². The number of carbonyl (C=O) groups excluding carboxylic acids is 1. The van der Waals surface area contributed by atoms with Crippen molar-refractivity contribution in [2.75, 3.05) is 13.1 Å². The van der Waals surface area contributed by atoms with E-state index in [4.69, 9.17) is 5.11 Å². The lowest BCUT2D eigenvalue weighted by Gasteiger charge is -2.31. The monoisotopic (exact) mass is 345 g/mol. The minimum absolute atomic E-state index is 0.0821. The van der Waals surface area contributed by atoms with Crippen LogP contribution >= 0.6 is 27.3 Å². The number of carboxylic acid groups (broad SMARTS) is 1.